The average molecular weight is 266 g/mol. The van der Waals surface area contributed by atoms with Gasteiger partial charge in [0.2, 0.25) is 0 Å². The van der Waals surface area contributed by atoms with Gasteiger partial charge in [0.1, 0.15) is 0 Å². The summed E-state index contributed by atoms with van der Waals surface area (Å²) in [4.78, 5) is 0. The van der Waals surface area contributed by atoms with E-state index in [9.17, 15) is 0 Å². The molecule has 0 aliphatic heterocycles. The number of fused-ring (bicyclic) bond motifs is 1. The van der Waals surface area contributed by atoms with Gasteiger partial charge in [-0.15, -0.1) is 0 Å². The molecule has 0 amide bonds. The molecule has 2 N–H and O–H groups in total. The Bertz CT molecular complexity index is 413. The first-order valence-corrected chi connectivity index (χ1v) is 6.07. The lowest BCUT2D eigenvalue weighted by Gasteiger charge is -2.28. The lowest BCUT2D eigenvalue weighted by atomic mass is 9.81. The zero-order valence-corrected chi connectivity index (χ0v) is 10.8. The van der Waals surface area contributed by atoms with Crippen LogP contribution in [0.3, 0.4) is 0 Å². The molecular weight excluding hydrogens is 250 g/mol. The van der Waals surface area contributed by atoms with Crippen molar-refractivity contribution in [3.05, 3.63) is 39.9 Å². The largest absolute Gasteiger partial charge is 0.322 e. The molecule has 15 heavy (non-hydrogen) atoms. The van der Waals surface area contributed by atoms with Crippen LogP contribution in [-0.2, 0) is 6.42 Å². The Morgan fingerprint density at radius 3 is 2.73 bits per heavy atom. The summed E-state index contributed by atoms with van der Waals surface area (Å²) in [6.45, 7) is 4.13. The second-order valence-electron chi connectivity index (χ2n) is 4.64. The number of nitrogens with two attached hydrogens (primary N) is 1. The third-order valence-electron chi connectivity index (χ3n) is 2.85. The van der Waals surface area contributed by atoms with Gasteiger partial charge in [0.15, 0.2) is 0 Å². The van der Waals surface area contributed by atoms with Crippen LogP contribution in [0.5, 0.6) is 0 Å². The summed E-state index contributed by atoms with van der Waals surface area (Å²) < 4.78 is 1.20. The number of hydrogen-bond acceptors (Lipinski definition) is 1. The number of hydrogen-bond donors (Lipinski definition) is 1. The normalized spacial score (nSPS) is 15.9. The van der Waals surface area contributed by atoms with Gasteiger partial charge >= 0.3 is 0 Å². The third-order valence-corrected chi connectivity index (χ3v) is 3.59. The molecule has 0 aromatic heterocycles. The van der Waals surface area contributed by atoms with Crippen molar-refractivity contribution in [2.45, 2.75) is 32.2 Å². The standard InChI is InChI=1S/C13H16BrN/c1-13(2,15)11-7-3-6-10-9(11)5-4-8-12(10)14/h4-5,7-8H,3,6,15H2,1-2H3. The van der Waals surface area contributed by atoms with Gasteiger partial charge in [-0.3, -0.25) is 0 Å². The Hall–Kier alpha value is -0.600. The zero-order chi connectivity index (χ0) is 11.1. The van der Waals surface area contributed by atoms with Crippen LogP contribution >= 0.6 is 15.9 Å². The maximum absolute atomic E-state index is 6.19. The molecule has 0 fully saturated rings. The van der Waals surface area contributed by atoms with Gasteiger partial charge in [0.05, 0.1) is 0 Å². The van der Waals surface area contributed by atoms with E-state index in [1.54, 1.807) is 0 Å². The van der Waals surface area contributed by atoms with Gasteiger partial charge in [-0.1, -0.05) is 34.1 Å². The summed E-state index contributed by atoms with van der Waals surface area (Å²) in [5.74, 6) is 0. The summed E-state index contributed by atoms with van der Waals surface area (Å²) in [6, 6.07) is 6.35. The van der Waals surface area contributed by atoms with E-state index in [4.69, 9.17) is 5.73 Å². The highest BCUT2D eigenvalue weighted by Crippen LogP contribution is 2.35. The van der Waals surface area contributed by atoms with Gasteiger partial charge in [-0.25, -0.2) is 0 Å². The van der Waals surface area contributed by atoms with Crippen LogP contribution in [0.4, 0.5) is 0 Å². The Morgan fingerprint density at radius 1 is 1.33 bits per heavy atom. The minimum atomic E-state index is -0.254. The zero-order valence-electron chi connectivity index (χ0n) is 9.18. The summed E-state index contributed by atoms with van der Waals surface area (Å²) in [6.07, 6.45) is 4.47. The van der Waals surface area contributed by atoms with Crippen LogP contribution in [0.15, 0.2) is 28.7 Å². The molecule has 0 radical (unpaired) electrons. The fraction of sp³-hybridized carbons (Fsp3) is 0.385. The number of benzene rings is 1. The molecule has 1 nitrogen and oxygen atoms in total. The average Bonchev–Trinajstić information content (AvgIpc) is 2.16. The molecule has 0 spiro atoms. The van der Waals surface area contributed by atoms with Crippen LogP contribution in [0.2, 0.25) is 0 Å². The SMILES string of the molecule is CC(C)(N)C1=CCCc2c(Br)cccc21. The Labute approximate surface area is 99.5 Å². The fourth-order valence-electron chi connectivity index (χ4n) is 2.15. The Balaban J connectivity index is 2.57. The second-order valence-corrected chi connectivity index (χ2v) is 5.50. The molecule has 1 aliphatic rings. The molecule has 2 rings (SSSR count). The van der Waals surface area contributed by atoms with Crippen molar-refractivity contribution in [3.8, 4) is 0 Å². The summed E-state index contributed by atoms with van der Waals surface area (Å²) in [7, 11) is 0. The molecule has 0 saturated carbocycles. The highest BCUT2D eigenvalue weighted by molar-refractivity contribution is 9.10. The van der Waals surface area contributed by atoms with Crippen molar-refractivity contribution in [1.29, 1.82) is 0 Å². The van der Waals surface area contributed by atoms with Gasteiger partial charge in [0, 0.05) is 10.0 Å². The topological polar surface area (TPSA) is 26.0 Å². The molecule has 0 heterocycles. The van der Waals surface area contributed by atoms with E-state index in [0.29, 0.717) is 0 Å². The molecule has 80 valence electrons. The second kappa shape index (κ2) is 3.76. The predicted molar refractivity (Wildman–Crippen MR) is 68.7 cm³/mol. The molecule has 1 aromatic carbocycles. The molecule has 0 unspecified atom stereocenters. The lowest BCUT2D eigenvalue weighted by Crippen LogP contribution is -2.34. The van der Waals surface area contributed by atoms with E-state index in [-0.39, 0.29) is 5.54 Å². The summed E-state index contributed by atoms with van der Waals surface area (Å²) in [5.41, 5.74) is 9.91. The first-order valence-electron chi connectivity index (χ1n) is 5.27. The lowest BCUT2D eigenvalue weighted by molar-refractivity contribution is 0.667. The highest BCUT2D eigenvalue weighted by Gasteiger charge is 2.24. The van der Waals surface area contributed by atoms with Crippen molar-refractivity contribution < 1.29 is 0 Å². The monoisotopic (exact) mass is 265 g/mol. The van der Waals surface area contributed by atoms with Gasteiger partial charge in [0.25, 0.3) is 0 Å². The molecule has 0 saturated heterocycles. The van der Waals surface area contributed by atoms with E-state index in [1.165, 1.54) is 21.2 Å². The minimum absolute atomic E-state index is 0.254. The highest BCUT2D eigenvalue weighted by atomic mass is 79.9. The van der Waals surface area contributed by atoms with Crippen LogP contribution in [0.25, 0.3) is 5.57 Å². The fourth-order valence-corrected chi connectivity index (χ4v) is 2.71. The molecule has 0 bridgehead atoms. The number of allylic oxidation sites excluding steroid dienone is 1. The number of halogens is 1. The van der Waals surface area contributed by atoms with E-state index in [1.807, 2.05) is 0 Å². The van der Waals surface area contributed by atoms with Gasteiger partial charge in [-0.05, 0) is 49.5 Å². The molecule has 1 aromatic rings. The quantitative estimate of drug-likeness (QED) is 0.827. The maximum Gasteiger partial charge on any atom is 0.0355 e. The minimum Gasteiger partial charge on any atom is -0.322 e. The Kier molecular flexibility index (Phi) is 2.73. The van der Waals surface area contributed by atoms with Gasteiger partial charge < -0.3 is 5.73 Å². The van der Waals surface area contributed by atoms with Crippen LogP contribution in [0, 0.1) is 0 Å². The van der Waals surface area contributed by atoms with Crippen molar-refractivity contribution >= 4 is 21.5 Å². The first kappa shape index (κ1) is 10.9. The van der Waals surface area contributed by atoms with E-state index < -0.39 is 0 Å². The van der Waals surface area contributed by atoms with Crippen LogP contribution in [-0.4, -0.2) is 5.54 Å². The first-order chi connectivity index (χ1) is 7.00. The molecular formula is C13H16BrN. The van der Waals surface area contributed by atoms with E-state index in [2.05, 4.69) is 54.1 Å². The summed E-state index contributed by atoms with van der Waals surface area (Å²) >= 11 is 3.61. The van der Waals surface area contributed by atoms with Crippen LogP contribution < -0.4 is 5.73 Å². The smallest absolute Gasteiger partial charge is 0.0355 e. The van der Waals surface area contributed by atoms with Crippen molar-refractivity contribution in [2.24, 2.45) is 5.73 Å². The van der Waals surface area contributed by atoms with Crippen molar-refractivity contribution in [3.63, 3.8) is 0 Å². The van der Waals surface area contributed by atoms with Gasteiger partial charge in [-0.2, -0.15) is 0 Å². The molecule has 1 aliphatic carbocycles. The van der Waals surface area contributed by atoms with E-state index >= 15 is 0 Å². The Morgan fingerprint density at radius 2 is 2.07 bits per heavy atom. The third kappa shape index (κ3) is 2.01. The predicted octanol–water partition coefficient (Wildman–Crippen LogP) is 3.52. The summed E-state index contributed by atoms with van der Waals surface area (Å²) in [5, 5.41) is 0. The number of rotatable bonds is 1. The maximum atomic E-state index is 6.19. The van der Waals surface area contributed by atoms with Crippen molar-refractivity contribution in [1.82, 2.24) is 0 Å². The molecule has 0 atom stereocenters. The van der Waals surface area contributed by atoms with Crippen molar-refractivity contribution in [2.75, 3.05) is 0 Å². The molecule has 2 heteroatoms. The van der Waals surface area contributed by atoms with Crippen LogP contribution in [0.1, 0.15) is 31.4 Å². The van der Waals surface area contributed by atoms with E-state index in [0.717, 1.165) is 12.8 Å².